The highest BCUT2D eigenvalue weighted by Gasteiger charge is 2.71. The molecule has 1 aliphatic heterocycles. The van der Waals surface area contributed by atoms with Crippen LogP contribution in [0.5, 0.6) is 28.7 Å². The van der Waals surface area contributed by atoms with E-state index in [1.54, 1.807) is 25.3 Å². The molecule has 1 saturated carbocycles. The van der Waals surface area contributed by atoms with Gasteiger partial charge in [0, 0.05) is 44.5 Å². The normalized spacial score (nSPS) is 23.5. The standard InChI is InChI=1S/C35H31Cl4N5O10/c1-41-19-13-22(52-3)21(51-2)12-18(19)40-17(31(41)48)7-8-42-32(49)43-9-6-16-20(44(43)33(42)50)14-34(38)29(46)26(36)27(37)30(47)35(34,39)25(16)15-10-23(53-4)28(45)24(11-15)54-5/h6,10-13,20,25,45H,7-9,14H2,1-5H3/t20-,25+,34-,35+/m1/s1. The molecule has 4 aromatic rings. The molecular formula is C35H31Cl4N5O10. The lowest BCUT2D eigenvalue weighted by Gasteiger charge is -2.54. The first-order valence-corrected chi connectivity index (χ1v) is 17.8. The van der Waals surface area contributed by atoms with Gasteiger partial charge in [0.2, 0.25) is 5.75 Å². The van der Waals surface area contributed by atoms with Gasteiger partial charge in [-0.2, -0.15) is 0 Å². The van der Waals surface area contributed by atoms with E-state index >= 15 is 0 Å². The van der Waals surface area contributed by atoms with Crippen molar-refractivity contribution in [1.29, 1.82) is 0 Å². The summed E-state index contributed by atoms with van der Waals surface area (Å²) in [5.74, 6) is -2.84. The summed E-state index contributed by atoms with van der Waals surface area (Å²) in [5.41, 5.74) is -0.378. The van der Waals surface area contributed by atoms with Crippen LogP contribution in [0, 0.1) is 0 Å². The topological polar surface area (TPSA) is 175 Å². The molecule has 7 rings (SSSR count). The Hall–Kier alpha value is -4.70. The summed E-state index contributed by atoms with van der Waals surface area (Å²) in [6.45, 7) is -0.390. The number of carbonyl (C=O) groups excluding carboxylic acids is 2. The second-order valence-electron chi connectivity index (χ2n) is 12.9. The highest BCUT2D eigenvalue weighted by atomic mass is 35.5. The maximum atomic E-state index is 14.3. The van der Waals surface area contributed by atoms with Crippen molar-refractivity contribution in [3.8, 4) is 28.7 Å². The van der Waals surface area contributed by atoms with Gasteiger partial charge in [0.05, 0.1) is 52.1 Å². The summed E-state index contributed by atoms with van der Waals surface area (Å²) in [6.07, 6.45) is 1.08. The first-order valence-electron chi connectivity index (χ1n) is 16.3. The van der Waals surface area contributed by atoms with E-state index in [0.29, 0.717) is 28.1 Å². The van der Waals surface area contributed by atoms with Crippen LogP contribution in [0.2, 0.25) is 0 Å². The molecule has 0 saturated heterocycles. The van der Waals surface area contributed by atoms with Crippen molar-refractivity contribution in [2.45, 2.75) is 47.6 Å². The smallest absolute Gasteiger partial charge is 0.347 e. The molecule has 284 valence electrons. The predicted molar refractivity (Wildman–Crippen MR) is 198 cm³/mol. The number of halogens is 4. The number of rotatable bonds is 8. The van der Waals surface area contributed by atoms with Crippen LogP contribution >= 0.6 is 46.4 Å². The van der Waals surface area contributed by atoms with Gasteiger partial charge in [-0.1, -0.05) is 29.3 Å². The second kappa shape index (κ2) is 13.3. The van der Waals surface area contributed by atoms with Crippen molar-refractivity contribution >= 4 is 69.0 Å². The molecule has 0 bridgehead atoms. The third-order valence-electron chi connectivity index (χ3n) is 10.4. The molecule has 0 unspecified atom stereocenters. The zero-order valence-corrected chi connectivity index (χ0v) is 32.3. The Kier molecular flexibility index (Phi) is 9.23. The largest absolute Gasteiger partial charge is 0.502 e. The number of alkyl halides is 2. The number of aryl methyl sites for hydroxylation is 2. The van der Waals surface area contributed by atoms with Gasteiger partial charge >= 0.3 is 11.4 Å². The molecule has 2 aromatic heterocycles. The lowest BCUT2D eigenvalue weighted by atomic mass is 9.59. The van der Waals surface area contributed by atoms with Crippen molar-refractivity contribution in [2.24, 2.45) is 7.05 Å². The van der Waals surface area contributed by atoms with Gasteiger partial charge < -0.3 is 28.6 Å². The van der Waals surface area contributed by atoms with Crippen molar-refractivity contribution in [1.82, 2.24) is 23.5 Å². The molecule has 1 fully saturated rings. The van der Waals surface area contributed by atoms with Crippen LogP contribution in [0.3, 0.4) is 0 Å². The monoisotopic (exact) mass is 821 g/mol. The zero-order valence-electron chi connectivity index (χ0n) is 29.2. The van der Waals surface area contributed by atoms with Crippen molar-refractivity contribution in [3.63, 3.8) is 0 Å². The van der Waals surface area contributed by atoms with Gasteiger partial charge in [0.15, 0.2) is 34.6 Å². The van der Waals surface area contributed by atoms with Crippen LogP contribution in [0.15, 0.2) is 60.4 Å². The number of carbonyl (C=O) groups is 2. The molecular weight excluding hydrogens is 792 g/mol. The maximum Gasteiger partial charge on any atom is 0.347 e. The van der Waals surface area contributed by atoms with Crippen LogP contribution in [-0.2, 0) is 36.1 Å². The number of fused-ring (bicyclic) bond motifs is 5. The molecule has 0 spiro atoms. The number of benzene rings is 2. The summed E-state index contributed by atoms with van der Waals surface area (Å²) in [6, 6.07) is 4.92. The van der Waals surface area contributed by atoms with Gasteiger partial charge in [-0.15, -0.1) is 23.2 Å². The number of aromatic nitrogens is 5. The Morgan fingerprint density at radius 1 is 0.852 bits per heavy atom. The quantitative estimate of drug-likeness (QED) is 0.204. The fourth-order valence-corrected chi connectivity index (χ4v) is 9.28. The van der Waals surface area contributed by atoms with E-state index in [1.165, 1.54) is 49.8 Å². The molecule has 4 atom stereocenters. The van der Waals surface area contributed by atoms with Crippen molar-refractivity contribution < 1.29 is 33.6 Å². The van der Waals surface area contributed by atoms with E-state index in [9.17, 15) is 29.1 Å². The number of hydrogen-bond donors (Lipinski definition) is 1. The second-order valence-corrected chi connectivity index (χ2v) is 14.9. The third kappa shape index (κ3) is 5.08. The zero-order chi connectivity index (χ0) is 39.2. The molecule has 54 heavy (non-hydrogen) atoms. The number of Topliss-reactive ketones (excluding diaryl/α,β-unsaturated/α-hetero) is 2. The third-order valence-corrected chi connectivity index (χ3v) is 12.7. The van der Waals surface area contributed by atoms with E-state index < -0.39 is 66.7 Å². The van der Waals surface area contributed by atoms with E-state index in [2.05, 4.69) is 4.98 Å². The Morgan fingerprint density at radius 3 is 2.06 bits per heavy atom. The van der Waals surface area contributed by atoms with E-state index in [1.807, 2.05) is 0 Å². The highest BCUT2D eigenvalue weighted by Crippen LogP contribution is 2.64. The number of allylic oxidation sites excluding steroid dienone is 4. The summed E-state index contributed by atoms with van der Waals surface area (Å²) < 4.78 is 26.2. The van der Waals surface area contributed by atoms with Gasteiger partial charge in [-0.25, -0.2) is 28.5 Å². The first kappa shape index (κ1) is 37.6. The number of hydrogen-bond acceptors (Lipinski definition) is 11. The number of ether oxygens (including phenoxy) is 4. The van der Waals surface area contributed by atoms with E-state index in [0.717, 1.165) is 9.25 Å². The van der Waals surface area contributed by atoms with Crippen molar-refractivity contribution in [2.75, 3.05) is 28.4 Å². The number of phenolic OH excluding ortho intramolecular Hbond substituents is 1. The summed E-state index contributed by atoms with van der Waals surface area (Å²) in [4.78, 5) is 69.6. The molecule has 0 radical (unpaired) electrons. The Morgan fingerprint density at radius 2 is 1.44 bits per heavy atom. The Balaban J connectivity index is 1.36. The fourth-order valence-electron chi connectivity index (χ4n) is 7.75. The molecule has 2 aliphatic carbocycles. The minimum atomic E-state index is -2.31. The number of ketones is 2. The average molecular weight is 823 g/mol. The summed E-state index contributed by atoms with van der Waals surface area (Å²) in [7, 11) is 7.11. The van der Waals surface area contributed by atoms with Gasteiger partial charge in [-0.05, 0) is 23.3 Å². The van der Waals surface area contributed by atoms with Crippen LogP contribution in [-0.4, -0.2) is 78.3 Å². The summed E-state index contributed by atoms with van der Waals surface area (Å²) in [5, 5.41) is 9.47. The molecule has 3 aliphatic rings. The van der Waals surface area contributed by atoms with E-state index in [4.69, 9.17) is 65.4 Å². The van der Waals surface area contributed by atoms with Crippen LogP contribution < -0.4 is 35.9 Å². The molecule has 3 heterocycles. The number of aromatic hydroxyl groups is 1. The molecule has 1 N–H and O–H groups in total. The minimum Gasteiger partial charge on any atom is -0.502 e. The van der Waals surface area contributed by atoms with Crippen molar-refractivity contribution in [3.05, 3.63) is 88.6 Å². The predicted octanol–water partition coefficient (Wildman–Crippen LogP) is 3.51. The lowest BCUT2D eigenvalue weighted by molar-refractivity contribution is -0.128. The molecule has 15 nitrogen and oxygen atoms in total. The van der Waals surface area contributed by atoms with Crippen LogP contribution in [0.25, 0.3) is 11.0 Å². The van der Waals surface area contributed by atoms with Gasteiger partial charge in [0.1, 0.15) is 25.5 Å². The number of phenols is 1. The number of methoxy groups -OCH3 is 4. The first-order chi connectivity index (χ1) is 25.6. The Labute approximate surface area is 325 Å². The lowest BCUT2D eigenvalue weighted by Crippen LogP contribution is -2.67. The van der Waals surface area contributed by atoms with Crippen LogP contribution in [0.4, 0.5) is 0 Å². The van der Waals surface area contributed by atoms with Crippen LogP contribution in [0.1, 0.15) is 29.6 Å². The fraction of sp³-hybridized carbons (Fsp3) is 0.371. The molecule has 19 heteroatoms. The van der Waals surface area contributed by atoms with Gasteiger partial charge in [-0.3, -0.25) is 14.4 Å². The number of nitrogens with zero attached hydrogens (tertiary/aromatic N) is 5. The molecule has 0 amide bonds. The van der Waals surface area contributed by atoms with E-state index in [-0.39, 0.29) is 48.0 Å². The SMILES string of the molecule is COc1cc2nc(CCn3c(=O)n4n(c3=O)[C@@H]3C[C@@]5(Cl)C(=O)C(Cl)=C(Cl)C(=O)[C@@]5(Cl)[C@@H](c5cc(OC)c(O)c(OC)c5)C3=CC4)c(=O)n(C)c2cc1OC. The highest BCUT2D eigenvalue weighted by molar-refractivity contribution is 6.66. The Bertz CT molecular complexity index is 2550. The van der Waals surface area contributed by atoms with Gasteiger partial charge in [0.25, 0.3) is 5.56 Å². The average Bonchev–Trinajstić information content (AvgIpc) is 3.41. The summed E-state index contributed by atoms with van der Waals surface area (Å²) >= 11 is 27.2. The maximum absolute atomic E-state index is 14.3. The minimum absolute atomic E-state index is 0.0520. The molecule has 2 aromatic carbocycles.